The van der Waals surface area contributed by atoms with E-state index in [-0.39, 0.29) is 18.4 Å². The topological polar surface area (TPSA) is 95.2 Å². The lowest BCUT2D eigenvalue weighted by molar-refractivity contribution is -0.125. The molecule has 0 fully saturated rings. The van der Waals surface area contributed by atoms with Crippen LogP contribution in [-0.4, -0.2) is 38.6 Å². The number of carbonyl (C=O) groups excluding carboxylic acids is 3. The number of benzene rings is 2. The van der Waals surface area contributed by atoms with E-state index in [1.54, 1.807) is 24.3 Å². The van der Waals surface area contributed by atoms with Crippen molar-refractivity contribution in [1.82, 2.24) is 20.2 Å². The molecule has 0 saturated heterocycles. The summed E-state index contributed by atoms with van der Waals surface area (Å²) in [7, 11) is 0. The van der Waals surface area contributed by atoms with E-state index in [0.717, 1.165) is 15.9 Å². The van der Waals surface area contributed by atoms with Gasteiger partial charge in [0.15, 0.2) is 0 Å². The molecule has 148 valence electrons. The number of hydrogen-bond acceptors (Lipinski definition) is 4. The van der Waals surface area contributed by atoms with Crippen molar-refractivity contribution in [2.75, 3.05) is 0 Å². The molecule has 2 aromatic carbocycles. The van der Waals surface area contributed by atoms with E-state index in [9.17, 15) is 14.4 Å². The van der Waals surface area contributed by atoms with Crippen LogP contribution in [0.25, 0.3) is 11.0 Å². The average molecular weight is 390 g/mol. The summed E-state index contributed by atoms with van der Waals surface area (Å²) in [5.74, 6) is -0.467. The molecule has 2 heterocycles. The Labute approximate surface area is 168 Å². The second kappa shape index (κ2) is 7.50. The molecule has 0 saturated carbocycles. The fourth-order valence-electron chi connectivity index (χ4n) is 3.65. The molecule has 0 radical (unpaired) electrons. The van der Waals surface area contributed by atoms with Gasteiger partial charge < -0.3 is 10.3 Å². The monoisotopic (exact) mass is 390 g/mol. The summed E-state index contributed by atoms with van der Waals surface area (Å²) in [5.41, 5.74) is 2.39. The van der Waals surface area contributed by atoms with Crippen LogP contribution >= 0.6 is 0 Å². The Hall–Kier alpha value is -3.48. The fraction of sp³-hybridized carbons (Fsp3) is 0.273. The van der Waals surface area contributed by atoms with Crippen molar-refractivity contribution >= 4 is 28.8 Å². The van der Waals surface area contributed by atoms with Crippen LogP contribution in [-0.2, 0) is 11.3 Å². The highest BCUT2D eigenvalue weighted by atomic mass is 16.2. The van der Waals surface area contributed by atoms with Crippen LogP contribution in [0.4, 0.5) is 0 Å². The quantitative estimate of drug-likeness (QED) is 0.633. The number of nitrogens with one attached hydrogen (secondary N) is 2. The zero-order chi connectivity index (χ0) is 20.5. The van der Waals surface area contributed by atoms with Crippen molar-refractivity contribution in [2.24, 2.45) is 5.92 Å². The van der Waals surface area contributed by atoms with Crippen LogP contribution in [0, 0.1) is 5.92 Å². The summed E-state index contributed by atoms with van der Waals surface area (Å²) >= 11 is 0. The molecule has 0 aliphatic carbocycles. The lowest BCUT2D eigenvalue weighted by atomic mass is 10.0. The molecule has 0 spiro atoms. The Bertz CT molecular complexity index is 1030. The first-order chi connectivity index (χ1) is 14.0. The van der Waals surface area contributed by atoms with E-state index >= 15 is 0 Å². The number of H-pyrrole nitrogens is 1. The van der Waals surface area contributed by atoms with E-state index in [0.29, 0.717) is 23.4 Å². The molecule has 4 rings (SSSR count). The normalized spacial score (nSPS) is 14.5. The molecule has 29 heavy (non-hydrogen) atoms. The molecule has 7 heteroatoms. The Morgan fingerprint density at radius 2 is 1.66 bits per heavy atom. The Morgan fingerprint density at radius 3 is 2.28 bits per heavy atom. The SMILES string of the molecule is CC(C)CC(C(=O)NCc1nc2ccccc2[nH]1)N1C(=O)c2ccccc2C1=O. The third kappa shape index (κ3) is 3.51. The van der Waals surface area contributed by atoms with Crippen LogP contribution in [0.2, 0.25) is 0 Å². The number of aromatic amines is 1. The van der Waals surface area contributed by atoms with Gasteiger partial charge in [0.05, 0.1) is 28.7 Å². The predicted octanol–water partition coefficient (Wildman–Crippen LogP) is 2.89. The van der Waals surface area contributed by atoms with E-state index in [2.05, 4.69) is 15.3 Å². The van der Waals surface area contributed by atoms with E-state index < -0.39 is 17.9 Å². The molecule has 1 aromatic heterocycles. The van der Waals surface area contributed by atoms with Gasteiger partial charge in [-0.05, 0) is 36.6 Å². The van der Waals surface area contributed by atoms with Crippen LogP contribution in [0.3, 0.4) is 0 Å². The molecule has 2 N–H and O–H groups in total. The van der Waals surface area contributed by atoms with Gasteiger partial charge in [-0.2, -0.15) is 0 Å². The minimum absolute atomic E-state index is 0.126. The molecule has 3 aromatic rings. The molecule has 1 aliphatic rings. The van der Waals surface area contributed by atoms with Crippen LogP contribution < -0.4 is 5.32 Å². The molecular weight excluding hydrogens is 368 g/mol. The largest absolute Gasteiger partial charge is 0.347 e. The summed E-state index contributed by atoms with van der Waals surface area (Å²) in [4.78, 5) is 47.4. The van der Waals surface area contributed by atoms with Crippen molar-refractivity contribution in [3.63, 3.8) is 0 Å². The van der Waals surface area contributed by atoms with Gasteiger partial charge in [-0.15, -0.1) is 0 Å². The lowest BCUT2D eigenvalue weighted by Crippen LogP contribution is -2.50. The summed E-state index contributed by atoms with van der Waals surface area (Å²) in [5, 5.41) is 2.83. The first kappa shape index (κ1) is 18.9. The molecule has 1 unspecified atom stereocenters. The molecule has 7 nitrogen and oxygen atoms in total. The first-order valence-corrected chi connectivity index (χ1v) is 9.64. The highest BCUT2D eigenvalue weighted by Gasteiger charge is 2.42. The van der Waals surface area contributed by atoms with Crippen molar-refractivity contribution in [2.45, 2.75) is 32.9 Å². The van der Waals surface area contributed by atoms with E-state index in [1.807, 2.05) is 38.1 Å². The number of rotatable bonds is 6. The van der Waals surface area contributed by atoms with Crippen molar-refractivity contribution in [1.29, 1.82) is 0 Å². The van der Waals surface area contributed by atoms with Crippen LogP contribution in [0.1, 0.15) is 46.8 Å². The van der Waals surface area contributed by atoms with Crippen LogP contribution in [0.15, 0.2) is 48.5 Å². The summed E-state index contributed by atoms with van der Waals surface area (Å²) in [6.07, 6.45) is 0.386. The third-order valence-electron chi connectivity index (χ3n) is 5.00. The number of aromatic nitrogens is 2. The maximum atomic E-state index is 13.0. The molecule has 3 amide bonds. The summed E-state index contributed by atoms with van der Waals surface area (Å²) in [6, 6.07) is 13.4. The number of fused-ring (bicyclic) bond motifs is 2. The first-order valence-electron chi connectivity index (χ1n) is 9.64. The van der Waals surface area contributed by atoms with Crippen molar-refractivity contribution in [3.05, 3.63) is 65.5 Å². The maximum Gasteiger partial charge on any atom is 0.262 e. The minimum Gasteiger partial charge on any atom is -0.347 e. The van der Waals surface area contributed by atoms with Gasteiger partial charge in [-0.25, -0.2) is 4.98 Å². The van der Waals surface area contributed by atoms with Gasteiger partial charge in [0, 0.05) is 0 Å². The zero-order valence-corrected chi connectivity index (χ0v) is 16.3. The number of carbonyl (C=O) groups is 3. The highest BCUT2D eigenvalue weighted by Crippen LogP contribution is 2.27. The molecule has 1 atom stereocenters. The molecule has 1 aliphatic heterocycles. The van der Waals surface area contributed by atoms with Gasteiger partial charge in [-0.3, -0.25) is 19.3 Å². The highest BCUT2D eigenvalue weighted by molar-refractivity contribution is 6.22. The Balaban J connectivity index is 1.54. The summed E-state index contributed by atoms with van der Waals surface area (Å²) in [6.45, 7) is 4.10. The Kier molecular flexibility index (Phi) is 4.88. The van der Waals surface area contributed by atoms with E-state index in [1.165, 1.54) is 0 Å². The average Bonchev–Trinajstić information content (AvgIpc) is 3.23. The lowest BCUT2D eigenvalue weighted by Gasteiger charge is -2.26. The second-order valence-corrected chi connectivity index (χ2v) is 7.59. The second-order valence-electron chi connectivity index (χ2n) is 7.59. The number of amides is 3. The molecular formula is C22H22N4O3. The van der Waals surface area contributed by atoms with Gasteiger partial charge in [0.1, 0.15) is 11.9 Å². The van der Waals surface area contributed by atoms with Gasteiger partial charge in [0.2, 0.25) is 5.91 Å². The fourth-order valence-corrected chi connectivity index (χ4v) is 3.65. The maximum absolute atomic E-state index is 13.0. The predicted molar refractivity (Wildman–Crippen MR) is 108 cm³/mol. The van der Waals surface area contributed by atoms with Crippen molar-refractivity contribution in [3.8, 4) is 0 Å². The number of imidazole rings is 1. The number of nitrogens with zero attached hydrogens (tertiary/aromatic N) is 2. The number of imide groups is 1. The van der Waals surface area contributed by atoms with Crippen molar-refractivity contribution < 1.29 is 14.4 Å². The third-order valence-corrected chi connectivity index (χ3v) is 5.00. The summed E-state index contributed by atoms with van der Waals surface area (Å²) < 4.78 is 0. The number of hydrogen-bond donors (Lipinski definition) is 2. The van der Waals surface area contributed by atoms with Crippen LogP contribution in [0.5, 0.6) is 0 Å². The van der Waals surface area contributed by atoms with Gasteiger partial charge in [0.25, 0.3) is 11.8 Å². The standard InChI is InChI=1S/C22H22N4O3/c1-13(2)11-18(26-21(28)14-7-3-4-8-15(14)22(26)29)20(27)23-12-19-24-16-9-5-6-10-17(16)25-19/h3-10,13,18H,11-12H2,1-2H3,(H,23,27)(H,24,25). The Morgan fingerprint density at radius 1 is 1.03 bits per heavy atom. The smallest absolute Gasteiger partial charge is 0.262 e. The van der Waals surface area contributed by atoms with Gasteiger partial charge >= 0.3 is 0 Å². The van der Waals surface area contributed by atoms with Gasteiger partial charge in [-0.1, -0.05) is 38.1 Å². The zero-order valence-electron chi connectivity index (χ0n) is 16.3. The number of para-hydroxylation sites is 2. The van der Waals surface area contributed by atoms with E-state index in [4.69, 9.17) is 0 Å². The minimum atomic E-state index is -0.869. The molecule has 0 bridgehead atoms.